The van der Waals surface area contributed by atoms with E-state index in [0.717, 1.165) is 17.1 Å². The Morgan fingerprint density at radius 3 is 1.52 bits per heavy atom. The highest BCUT2D eigenvalue weighted by Gasteiger charge is 2.41. The molecule has 0 heterocycles. The monoisotopic (exact) mass is 815 g/mol. The molecule has 8 aromatic carbocycles. The van der Waals surface area contributed by atoms with Crippen molar-refractivity contribution in [3.63, 3.8) is 0 Å². The van der Waals surface area contributed by atoms with Crippen molar-refractivity contribution in [2.75, 3.05) is 4.90 Å². The minimum Gasteiger partial charge on any atom is -0.310 e. The van der Waals surface area contributed by atoms with Crippen molar-refractivity contribution in [2.24, 2.45) is 0 Å². The number of fused-ring (bicyclic) bond motifs is 6. The number of rotatable bonds is 7. The van der Waals surface area contributed by atoms with Crippen molar-refractivity contribution in [3.05, 3.63) is 210 Å². The minimum atomic E-state index is -0.193. The lowest BCUT2D eigenvalue weighted by Crippen LogP contribution is -2.17. The third-order valence-electron chi connectivity index (χ3n) is 15.0. The number of nitrogens with zero attached hydrogens (tertiary/aromatic N) is 1. The quantitative estimate of drug-likeness (QED) is 0.155. The third-order valence-corrected chi connectivity index (χ3v) is 15.0. The number of anilines is 3. The fourth-order valence-corrected chi connectivity index (χ4v) is 11.6. The van der Waals surface area contributed by atoms with Gasteiger partial charge in [-0.2, -0.15) is 0 Å². The molecule has 1 fully saturated rings. The average Bonchev–Trinajstić information content (AvgIpc) is 3.69. The predicted octanol–water partition coefficient (Wildman–Crippen LogP) is 17.6. The number of benzene rings is 8. The molecule has 0 N–H and O–H groups in total. The van der Waals surface area contributed by atoms with E-state index in [-0.39, 0.29) is 10.8 Å². The molecule has 0 amide bonds. The molecule has 1 nitrogen and oxygen atoms in total. The molecule has 3 aliphatic rings. The van der Waals surface area contributed by atoms with Crippen LogP contribution in [0.15, 0.2) is 182 Å². The Balaban J connectivity index is 0.985. The van der Waals surface area contributed by atoms with Crippen LogP contribution in [0, 0.1) is 0 Å². The van der Waals surface area contributed by atoms with Crippen LogP contribution in [0.4, 0.5) is 17.1 Å². The molecule has 8 aromatic rings. The second-order valence-corrected chi connectivity index (χ2v) is 19.4. The molecule has 310 valence electrons. The largest absolute Gasteiger partial charge is 0.310 e. The Morgan fingerprint density at radius 1 is 0.365 bits per heavy atom. The highest BCUT2D eigenvalue weighted by molar-refractivity contribution is 5.98. The van der Waals surface area contributed by atoms with E-state index in [0.29, 0.717) is 5.92 Å². The maximum absolute atomic E-state index is 2.47. The van der Waals surface area contributed by atoms with E-state index in [4.69, 9.17) is 0 Å². The highest BCUT2D eigenvalue weighted by atomic mass is 15.1. The molecule has 3 aliphatic carbocycles. The van der Waals surface area contributed by atoms with Crippen LogP contribution in [0.3, 0.4) is 0 Å². The van der Waals surface area contributed by atoms with Gasteiger partial charge in [0.15, 0.2) is 0 Å². The summed E-state index contributed by atoms with van der Waals surface area (Å²) in [6, 6.07) is 68.7. The standard InChI is InChI=1S/C62H57N/c1-61(2)57-26-16-22-52(54-24-15-23-53-51-21-13-14-25-56(51)62(3,4)60(53)54)59(57)55-40-39-50(41-58(55)61)63(48-35-31-46(32-36-48)43-19-11-8-12-20-43)49-37-33-47(34-38-49)45-29-27-44(28-30-45)42-17-9-6-5-7-10-18-42/h8,11-16,19-42H,5-7,9-10,17-18H2,1-4H3. The zero-order valence-electron chi connectivity index (χ0n) is 37.3. The van der Waals surface area contributed by atoms with E-state index in [2.05, 4.69) is 215 Å². The Kier molecular flexibility index (Phi) is 9.84. The molecule has 1 heteroatoms. The highest BCUT2D eigenvalue weighted by Crippen LogP contribution is 2.57. The van der Waals surface area contributed by atoms with Crippen molar-refractivity contribution in [2.45, 2.75) is 89.4 Å². The van der Waals surface area contributed by atoms with Crippen molar-refractivity contribution < 1.29 is 0 Å². The maximum atomic E-state index is 2.47. The summed E-state index contributed by atoms with van der Waals surface area (Å²) in [5, 5.41) is 0. The van der Waals surface area contributed by atoms with Gasteiger partial charge in [-0.05, 0) is 139 Å². The Hall–Kier alpha value is -6.44. The lowest BCUT2D eigenvalue weighted by molar-refractivity contribution is 0.455. The van der Waals surface area contributed by atoms with Gasteiger partial charge in [-0.1, -0.05) is 205 Å². The molecule has 0 aliphatic heterocycles. The van der Waals surface area contributed by atoms with Crippen molar-refractivity contribution in [1.29, 1.82) is 0 Å². The topological polar surface area (TPSA) is 3.24 Å². The van der Waals surface area contributed by atoms with Crippen LogP contribution in [0.1, 0.15) is 106 Å². The number of hydrogen-bond donors (Lipinski definition) is 0. The van der Waals surface area contributed by atoms with Crippen LogP contribution < -0.4 is 4.90 Å². The third kappa shape index (κ3) is 6.76. The van der Waals surface area contributed by atoms with Crippen molar-refractivity contribution in [3.8, 4) is 55.6 Å². The normalized spacial score (nSPS) is 16.0. The second kappa shape index (κ2) is 15.7. The van der Waals surface area contributed by atoms with Crippen molar-refractivity contribution in [1.82, 2.24) is 0 Å². The van der Waals surface area contributed by atoms with E-state index in [1.807, 2.05) is 0 Å². The maximum Gasteiger partial charge on any atom is 0.0465 e. The van der Waals surface area contributed by atoms with Crippen LogP contribution in [0.25, 0.3) is 55.6 Å². The zero-order valence-corrected chi connectivity index (χ0v) is 37.3. The van der Waals surface area contributed by atoms with Gasteiger partial charge in [0.25, 0.3) is 0 Å². The molecule has 0 unspecified atom stereocenters. The molecule has 0 saturated heterocycles. The summed E-state index contributed by atoms with van der Waals surface area (Å²) in [5.74, 6) is 0.698. The Labute approximate surface area is 375 Å². The molecule has 63 heavy (non-hydrogen) atoms. The Bertz CT molecular complexity index is 2940. The first-order chi connectivity index (χ1) is 30.8. The lowest BCUT2D eigenvalue weighted by Gasteiger charge is -2.28. The predicted molar refractivity (Wildman–Crippen MR) is 268 cm³/mol. The lowest BCUT2D eigenvalue weighted by atomic mass is 9.77. The van der Waals surface area contributed by atoms with E-state index in [9.17, 15) is 0 Å². The van der Waals surface area contributed by atoms with E-state index in [1.165, 1.54) is 128 Å². The van der Waals surface area contributed by atoms with Crippen molar-refractivity contribution >= 4 is 17.1 Å². The molecule has 0 radical (unpaired) electrons. The summed E-state index contributed by atoms with van der Waals surface area (Å²) in [5.41, 5.74) is 23.3. The fourth-order valence-electron chi connectivity index (χ4n) is 11.6. The van der Waals surface area contributed by atoms with Gasteiger partial charge in [0, 0.05) is 27.9 Å². The molecule has 1 saturated carbocycles. The van der Waals surface area contributed by atoms with E-state index in [1.54, 1.807) is 0 Å². The molecule has 11 rings (SSSR count). The van der Waals surface area contributed by atoms with Gasteiger partial charge in [-0.3, -0.25) is 0 Å². The summed E-state index contributed by atoms with van der Waals surface area (Å²) < 4.78 is 0. The van der Waals surface area contributed by atoms with E-state index < -0.39 is 0 Å². The van der Waals surface area contributed by atoms with Gasteiger partial charge in [0.05, 0.1) is 0 Å². The summed E-state index contributed by atoms with van der Waals surface area (Å²) in [6.45, 7) is 9.63. The van der Waals surface area contributed by atoms with Crippen LogP contribution in [-0.4, -0.2) is 0 Å². The molecule has 0 spiro atoms. The zero-order chi connectivity index (χ0) is 42.7. The number of hydrogen-bond acceptors (Lipinski definition) is 1. The molecular weight excluding hydrogens is 759 g/mol. The fraction of sp³-hybridized carbons (Fsp3) is 0.226. The summed E-state index contributed by atoms with van der Waals surface area (Å²) in [4.78, 5) is 2.44. The molecule has 0 bridgehead atoms. The first-order valence-corrected chi connectivity index (χ1v) is 23.5. The molecule has 0 atom stereocenters. The van der Waals surface area contributed by atoms with Gasteiger partial charge in [0.2, 0.25) is 0 Å². The summed E-state index contributed by atoms with van der Waals surface area (Å²) >= 11 is 0. The summed E-state index contributed by atoms with van der Waals surface area (Å²) in [7, 11) is 0. The van der Waals surface area contributed by atoms with Gasteiger partial charge >= 0.3 is 0 Å². The molecule has 0 aromatic heterocycles. The second-order valence-electron chi connectivity index (χ2n) is 19.4. The van der Waals surface area contributed by atoms with Gasteiger partial charge in [0.1, 0.15) is 0 Å². The van der Waals surface area contributed by atoms with Crippen LogP contribution in [0.2, 0.25) is 0 Å². The Morgan fingerprint density at radius 2 is 0.857 bits per heavy atom. The van der Waals surface area contributed by atoms with E-state index >= 15 is 0 Å². The van der Waals surface area contributed by atoms with Gasteiger partial charge in [-0.15, -0.1) is 0 Å². The van der Waals surface area contributed by atoms with Gasteiger partial charge < -0.3 is 4.90 Å². The average molecular weight is 816 g/mol. The van der Waals surface area contributed by atoms with Crippen LogP contribution in [-0.2, 0) is 10.8 Å². The minimum absolute atomic E-state index is 0.102. The van der Waals surface area contributed by atoms with Gasteiger partial charge in [-0.25, -0.2) is 0 Å². The first-order valence-electron chi connectivity index (χ1n) is 23.5. The smallest absolute Gasteiger partial charge is 0.0465 e. The van der Waals surface area contributed by atoms with Crippen LogP contribution >= 0.6 is 0 Å². The molecular formula is C62H57N. The summed E-state index contributed by atoms with van der Waals surface area (Å²) in [6.07, 6.45) is 9.55. The SMILES string of the molecule is CC1(C)c2cc(N(c3ccc(-c4ccccc4)cc3)c3ccc(-c4ccc(C5CCCCCCC5)cc4)cc3)ccc2-c2c(-c3cccc4c3C(C)(C)c3ccccc3-4)cccc21. The first kappa shape index (κ1) is 39.4. The van der Waals surface area contributed by atoms with Crippen LogP contribution in [0.5, 0.6) is 0 Å².